The van der Waals surface area contributed by atoms with Gasteiger partial charge < -0.3 is 15.2 Å². The Morgan fingerprint density at radius 1 is 1.39 bits per heavy atom. The zero-order valence-corrected chi connectivity index (χ0v) is 10.6. The Kier molecular flexibility index (Phi) is 4.07. The van der Waals surface area contributed by atoms with E-state index in [2.05, 4.69) is 0 Å². The number of rotatable bonds is 4. The van der Waals surface area contributed by atoms with Gasteiger partial charge in [-0.15, -0.1) is 0 Å². The summed E-state index contributed by atoms with van der Waals surface area (Å²) in [5.74, 6) is 0.297. The van der Waals surface area contributed by atoms with Gasteiger partial charge in [0.05, 0.1) is 18.3 Å². The number of carbonyl (C=O) groups is 1. The molecule has 0 heterocycles. The van der Waals surface area contributed by atoms with Crippen LogP contribution in [-0.4, -0.2) is 18.7 Å². The lowest BCUT2D eigenvalue weighted by Gasteiger charge is -2.14. The summed E-state index contributed by atoms with van der Waals surface area (Å²) < 4.78 is 10.8. The molecule has 0 bridgehead atoms. The van der Waals surface area contributed by atoms with Crippen LogP contribution < -0.4 is 10.5 Å². The Hall–Kier alpha value is -1.71. The summed E-state index contributed by atoms with van der Waals surface area (Å²) in [6.07, 6.45) is 4.86. The lowest BCUT2D eigenvalue weighted by Crippen LogP contribution is -2.13. The first-order valence-corrected chi connectivity index (χ1v) is 6.44. The highest BCUT2D eigenvalue weighted by Gasteiger charge is 2.18. The fourth-order valence-electron chi connectivity index (χ4n) is 2.19. The summed E-state index contributed by atoms with van der Waals surface area (Å²) in [7, 11) is 0. The molecule has 0 unspecified atom stereocenters. The number of ether oxygens (including phenoxy) is 2. The maximum atomic E-state index is 11.7. The summed E-state index contributed by atoms with van der Waals surface area (Å²) in [5, 5.41) is 0. The smallest absolute Gasteiger partial charge is 0.340 e. The second-order valence-electron chi connectivity index (χ2n) is 4.49. The van der Waals surface area contributed by atoms with E-state index < -0.39 is 5.97 Å². The van der Waals surface area contributed by atoms with Crippen LogP contribution in [0.15, 0.2) is 18.2 Å². The van der Waals surface area contributed by atoms with E-state index in [4.69, 9.17) is 15.2 Å². The minimum atomic E-state index is -0.396. The van der Waals surface area contributed by atoms with Crippen molar-refractivity contribution < 1.29 is 14.3 Å². The standard InChI is InChI=1S/C14H19NO3/c1-2-17-14(16)12-9-11(7-8-13(12)15)18-10-5-3-4-6-10/h7-10H,2-6,15H2,1H3. The Morgan fingerprint density at radius 2 is 2.11 bits per heavy atom. The molecule has 0 saturated heterocycles. The van der Waals surface area contributed by atoms with Gasteiger partial charge in [-0.05, 0) is 50.8 Å². The molecule has 1 aromatic rings. The molecule has 0 radical (unpaired) electrons. The first kappa shape index (κ1) is 12.7. The fraction of sp³-hybridized carbons (Fsp3) is 0.500. The van der Waals surface area contributed by atoms with E-state index >= 15 is 0 Å². The van der Waals surface area contributed by atoms with Crippen molar-refractivity contribution in [2.24, 2.45) is 0 Å². The number of benzene rings is 1. The van der Waals surface area contributed by atoms with Gasteiger partial charge in [0.15, 0.2) is 0 Å². The van der Waals surface area contributed by atoms with Crippen LogP contribution in [0.5, 0.6) is 5.75 Å². The molecule has 98 valence electrons. The molecule has 0 atom stereocenters. The summed E-state index contributed by atoms with van der Waals surface area (Å²) >= 11 is 0. The molecule has 4 nitrogen and oxygen atoms in total. The molecular formula is C14H19NO3. The zero-order chi connectivity index (χ0) is 13.0. The Balaban J connectivity index is 2.12. The second kappa shape index (κ2) is 5.76. The van der Waals surface area contributed by atoms with Crippen molar-refractivity contribution in [1.29, 1.82) is 0 Å². The van der Waals surface area contributed by atoms with Gasteiger partial charge in [-0.1, -0.05) is 0 Å². The molecule has 18 heavy (non-hydrogen) atoms. The van der Waals surface area contributed by atoms with Gasteiger partial charge >= 0.3 is 5.97 Å². The third-order valence-electron chi connectivity index (χ3n) is 3.13. The summed E-state index contributed by atoms with van der Waals surface area (Å²) in [6, 6.07) is 5.17. The third kappa shape index (κ3) is 2.94. The van der Waals surface area contributed by atoms with Crippen LogP contribution in [0, 0.1) is 0 Å². The van der Waals surface area contributed by atoms with E-state index in [0.29, 0.717) is 23.6 Å². The van der Waals surface area contributed by atoms with E-state index in [-0.39, 0.29) is 6.10 Å². The molecule has 2 rings (SSSR count). The predicted molar refractivity (Wildman–Crippen MR) is 69.7 cm³/mol. The largest absolute Gasteiger partial charge is 0.490 e. The first-order chi connectivity index (χ1) is 8.70. The highest BCUT2D eigenvalue weighted by atomic mass is 16.5. The molecule has 1 aromatic carbocycles. The van der Waals surface area contributed by atoms with E-state index in [1.807, 2.05) is 0 Å². The molecule has 1 aliphatic rings. The van der Waals surface area contributed by atoms with Crippen LogP contribution in [0.25, 0.3) is 0 Å². The maximum Gasteiger partial charge on any atom is 0.340 e. The van der Waals surface area contributed by atoms with Gasteiger partial charge in [-0.25, -0.2) is 4.79 Å². The monoisotopic (exact) mass is 249 g/mol. The molecule has 2 N–H and O–H groups in total. The van der Waals surface area contributed by atoms with Gasteiger partial charge in [-0.2, -0.15) is 0 Å². The van der Waals surface area contributed by atoms with Gasteiger partial charge in [-0.3, -0.25) is 0 Å². The van der Waals surface area contributed by atoms with E-state index in [1.54, 1.807) is 25.1 Å². The van der Waals surface area contributed by atoms with Crippen molar-refractivity contribution >= 4 is 11.7 Å². The van der Waals surface area contributed by atoms with Crippen molar-refractivity contribution in [3.63, 3.8) is 0 Å². The number of carbonyl (C=O) groups excluding carboxylic acids is 1. The lowest BCUT2D eigenvalue weighted by molar-refractivity contribution is 0.0527. The topological polar surface area (TPSA) is 61.5 Å². The third-order valence-corrected chi connectivity index (χ3v) is 3.13. The number of hydrogen-bond acceptors (Lipinski definition) is 4. The highest BCUT2D eigenvalue weighted by molar-refractivity contribution is 5.95. The average molecular weight is 249 g/mol. The van der Waals surface area contributed by atoms with Crippen LogP contribution in [0.1, 0.15) is 43.0 Å². The number of anilines is 1. The molecule has 0 aliphatic heterocycles. The van der Waals surface area contributed by atoms with Gasteiger partial charge in [0.25, 0.3) is 0 Å². The van der Waals surface area contributed by atoms with E-state index in [9.17, 15) is 4.79 Å². The van der Waals surface area contributed by atoms with Crippen molar-refractivity contribution in [2.75, 3.05) is 12.3 Å². The molecule has 1 saturated carbocycles. The zero-order valence-electron chi connectivity index (χ0n) is 10.6. The normalized spacial score (nSPS) is 15.6. The van der Waals surface area contributed by atoms with Crippen LogP contribution in [0.3, 0.4) is 0 Å². The molecule has 0 aromatic heterocycles. The summed E-state index contributed by atoms with van der Waals surface area (Å²) in [5.41, 5.74) is 6.58. The van der Waals surface area contributed by atoms with Crippen molar-refractivity contribution in [3.8, 4) is 5.75 Å². The van der Waals surface area contributed by atoms with E-state index in [1.165, 1.54) is 12.8 Å². The molecule has 1 aliphatic carbocycles. The van der Waals surface area contributed by atoms with Crippen LogP contribution in [-0.2, 0) is 4.74 Å². The number of esters is 1. The van der Waals surface area contributed by atoms with Gasteiger partial charge in [0.1, 0.15) is 5.75 Å². The van der Waals surface area contributed by atoms with Crippen LogP contribution in [0.2, 0.25) is 0 Å². The number of nitrogen functional groups attached to an aromatic ring is 1. The minimum absolute atomic E-state index is 0.267. The average Bonchev–Trinajstić information content (AvgIpc) is 2.84. The number of hydrogen-bond donors (Lipinski definition) is 1. The Morgan fingerprint density at radius 3 is 2.78 bits per heavy atom. The van der Waals surface area contributed by atoms with E-state index in [0.717, 1.165) is 12.8 Å². The van der Waals surface area contributed by atoms with Crippen LogP contribution >= 0.6 is 0 Å². The Labute approximate surface area is 107 Å². The molecule has 1 fully saturated rings. The van der Waals surface area contributed by atoms with Crippen molar-refractivity contribution in [2.45, 2.75) is 38.7 Å². The summed E-state index contributed by atoms with van der Waals surface area (Å²) in [6.45, 7) is 2.11. The van der Waals surface area contributed by atoms with Crippen molar-refractivity contribution in [1.82, 2.24) is 0 Å². The summed E-state index contributed by atoms with van der Waals surface area (Å²) in [4.78, 5) is 11.7. The second-order valence-corrected chi connectivity index (χ2v) is 4.49. The SMILES string of the molecule is CCOC(=O)c1cc(OC2CCCC2)ccc1N. The van der Waals surface area contributed by atoms with Crippen molar-refractivity contribution in [3.05, 3.63) is 23.8 Å². The minimum Gasteiger partial charge on any atom is -0.490 e. The number of nitrogens with two attached hydrogens (primary N) is 1. The molecular weight excluding hydrogens is 230 g/mol. The predicted octanol–water partition coefficient (Wildman–Crippen LogP) is 2.77. The van der Waals surface area contributed by atoms with Crippen LogP contribution in [0.4, 0.5) is 5.69 Å². The lowest BCUT2D eigenvalue weighted by atomic mass is 10.1. The highest BCUT2D eigenvalue weighted by Crippen LogP contribution is 2.26. The quantitative estimate of drug-likeness (QED) is 0.658. The molecule has 0 spiro atoms. The fourth-order valence-corrected chi connectivity index (χ4v) is 2.19. The van der Waals surface area contributed by atoms with Gasteiger partial charge in [0, 0.05) is 5.69 Å². The first-order valence-electron chi connectivity index (χ1n) is 6.44. The molecule has 0 amide bonds. The maximum absolute atomic E-state index is 11.7. The molecule has 4 heteroatoms. The Bertz CT molecular complexity index is 425. The van der Waals surface area contributed by atoms with Gasteiger partial charge in [0.2, 0.25) is 0 Å².